The van der Waals surface area contributed by atoms with Crippen LogP contribution in [0.2, 0.25) is 0 Å². The van der Waals surface area contributed by atoms with Crippen LogP contribution in [0.15, 0.2) is 72.9 Å². The Balaban J connectivity index is 4.75. The summed E-state index contributed by atoms with van der Waals surface area (Å²) in [6.07, 6.45) is 41.3. The van der Waals surface area contributed by atoms with Crippen molar-refractivity contribution in [3.63, 3.8) is 0 Å². The summed E-state index contributed by atoms with van der Waals surface area (Å²) < 4.78 is 23.4. The van der Waals surface area contributed by atoms with Gasteiger partial charge >= 0.3 is 7.82 Å². The van der Waals surface area contributed by atoms with Crippen molar-refractivity contribution < 1.29 is 32.9 Å². The van der Waals surface area contributed by atoms with Crippen LogP contribution in [0.3, 0.4) is 0 Å². The quantitative estimate of drug-likeness (QED) is 0.0278. The van der Waals surface area contributed by atoms with Gasteiger partial charge in [0.15, 0.2) is 0 Å². The van der Waals surface area contributed by atoms with E-state index < -0.39 is 20.0 Å². The van der Waals surface area contributed by atoms with Crippen LogP contribution < -0.4 is 5.32 Å². The summed E-state index contributed by atoms with van der Waals surface area (Å²) in [4.78, 5) is 22.9. The zero-order valence-electron chi connectivity index (χ0n) is 31.6. The van der Waals surface area contributed by atoms with Gasteiger partial charge in [-0.3, -0.25) is 13.8 Å². The van der Waals surface area contributed by atoms with Gasteiger partial charge in [-0.25, -0.2) is 4.57 Å². The summed E-state index contributed by atoms with van der Waals surface area (Å²) >= 11 is 0. The third-order valence-corrected chi connectivity index (χ3v) is 8.66. The van der Waals surface area contributed by atoms with Crippen LogP contribution in [0.5, 0.6) is 0 Å². The van der Waals surface area contributed by atoms with Crippen molar-refractivity contribution >= 4 is 13.7 Å². The van der Waals surface area contributed by atoms with Crippen LogP contribution >= 0.6 is 7.82 Å². The van der Waals surface area contributed by atoms with E-state index in [4.69, 9.17) is 9.05 Å². The van der Waals surface area contributed by atoms with Gasteiger partial charge in [0, 0.05) is 6.42 Å². The minimum atomic E-state index is -4.36. The first kappa shape index (κ1) is 46.9. The van der Waals surface area contributed by atoms with Crippen molar-refractivity contribution in [2.75, 3.05) is 40.9 Å². The number of likely N-dealkylation sites (N-methyl/N-ethyl adjacent to an activating group) is 1. The fourth-order valence-corrected chi connectivity index (χ4v) is 5.39. The van der Waals surface area contributed by atoms with E-state index in [1.165, 1.54) is 51.4 Å². The maximum absolute atomic E-state index is 12.7. The first-order valence-corrected chi connectivity index (χ1v) is 20.3. The Hall–Kier alpha value is -2.06. The van der Waals surface area contributed by atoms with Gasteiger partial charge in [-0.1, -0.05) is 132 Å². The SMILES string of the molecule is CC/C=C\C/C=C\C/C=C\C/C=C\CCC(=O)NC(COP(=O)(O)OCC[N+](C)(C)C)C(O)/C=C/CC/C=C/CCCCCCCCCC. The van der Waals surface area contributed by atoms with Crippen LogP contribution in [0.4, 0.5) is 0 Å². The highest BCUT2D eigenvalue weighted by Crippen LogP contribution is 2.43. The summed E-state index contributed by atoms with van der Waals surface area (Å²) in [6.45, 7) is 4.57. The third kappa shape index (κ3) is 34.2. The van der Waals surface area contributed by atoms with Gasteiger partial charge in [-0.05, 0) is 57.8 Å². The molecule has 9 heteroatoms. The fourth-order valence-electron chi connectivity index (χ4n) is 4.65. The zero-order chi connectivity index (χ0) is 36.5. The molecule has 0 saturated heterocycles. The van der Waals surface area contributed by atoms with Crippen molar-refractivity contribution in [1.29, 1.82) is 0 Å². The number of aliphatic hydroxyl groups excluding tert-OH is 1. The molecule has 0 aliphatic rings. The number of rotatable bonds is 32. The molecule has 0 aromatic rings. The third-order valence-electron chi connectivity index (χ3n) is 7.67. The molecule has 49 heavy (non-hydrogen) atoms. The van der Waals surface area contributed by atoms with Gasteiger partial charge in [0.2, 0.25) is 5.91 Å². The molecule has 282 valence electrons. The number of nitrogens with one attached hydrogen (secondary N) is 1. The first-order valence-electron chi connectivity index (χ1n) is 18.8. The average Bonchev–Trinajstić information content (AvgIpc) is 3.04. The number of allylic oxidation sites excluding steroid dienone is 11. The Morgan fingerprint density at radius 3 is 1.86 bits per heavy atom. The Bertz CT molecular complexity index is 1030. The molecule has 3 unspecified atom stereocenters. The second-order valence-corrected chi connectivity index (χ2v) is 15.0. The molecule has 0 radical (unpaired) electrons. The van der Waals surface area contributed by atoms with Crippen LogP contribution in [0.25, 0.3) is 0 Å². The Morgan fingerprint density at radius 2 is 1.24 bits per heavy atom. The molecule has 0 aromatic heterocycles. The topological polar surface area (TPSA) is 105 Å². The van der Waals surface area contributed by atoms with Crippen LogP contribution in [0, 0.1) is 0 Å². The smallest absolute Gasteiger partial charge is 0.387 e. The molecule has 0 bridgehead atoms. The molecule has 3 N–H and O–H groups in total. The summed E-state index contributed by atoms with van der Waals surface area (Å²) in [7, 11) is 1.49. The van der Waals surface area contributed by atoms with Crippen molar-refractivity contribution in [1.82, 2.24) is 5.32 Å². The van der Waals surface area contributed by atoms with E-state index in [-0.39, 0.29) is 25.5 Å². The fraction of sp³-hybridized carbons (Fsp3) is 0.675. The van der Waals surface area contributed by atoms with E-state index in [1.807, 2.05) is 39.4 Å². The van der Waals surface area contributed by atoms with E-state index in [0.717, 1.165) is 44.9 Å². The molecular formula is C40H72N2O6P+. The molecule has 0 heterocycles. The Kier molecular flexibility index (Phi) is 30.5. The van der Waals surface area contributed by atoms with Crippen LogP contribution in [-0.4, -0.2) is 73.4 Å². The standard InChI is InChI=1S/C40H71N2O6P/c1-6-8-10-12-14-16-18-20-22-23-25-27-29-31-33-39(43)38(37-48-49(45,46)47-36-35-42(3,4)5)41-40(44)34-32-30-28-26-24-21-19-17-15-13-11-9-7-2/h9,11,15,17,21,23-25,28,30-31,33,38-39,43H,6-8,10,12-14,16,18-20,22,26-27,29,32,34-37H2,1-5H3,(H-,41,44,45,46)/p+1/b11-9-,17-15-,24-21-,25-23+,30-28-,33-31+. The number of hydrogen-bond donors (Lipinski definition) is 3. The van der Waals surface area contributed by atoms with E-state index in [2.05, 4.69) is 67.8 Å². The Labute approximate surface area is 300 Å². The molecule has 0 aliphatic heterocycles. The summed E-state index contributed by atoms with van der Waals surface area (Å²) in [5.41, 5.74) is 0. The van der Waals surface area contributed by atoms with Gasteiger partial charge in [-0.2, -0.15) is 0 Å². The number of carbonyl (C=O) groups is 1. The monoisotopic (exact) mass is 708 g/mol. The number of unbranched alkanes of at least 4 members (excludes halogenated alkanes) is 9. The number of nitrogens with zero attached hydrogens (tertiary/aromatic N) is 1. The maximum Gasteiger partial charge on any atom is 0.472 e. The van der Waals surface area contributed by atoms with Gasteiger partial charge in [0.25, 0.3) is 0 Å². The lowest BCUT2D eigenvalue weighted by atomic mass is 10.1. The van der Waals surface area contributed by atoms with Crippen molar-refractivity contribution in [2.24, 2.45) is 0 Å². The van der Waals surface area contributed by atoms with Gasteiger partial charge in [0.05, 0.1) is 39.9 Å². The summed E-state index contributed by atoms with van der Waals surface area (Å²) in [6, 6.07) is -0.902. The molecule has 0 fully saturated rings. The predicted molar refractivity (Wildman–Crippen MR) is 207 cm³/mol. The summed E-state index contributed by atoms with van der Waals surface area (Å²) in [5.74, 6) is -0.272. The molecule has 0 rings (SSSR count). The number of quaternary nitrogens is 1. The molecule has 8 nitrogen and oxygen atoms in total. The highest BCUT2D eigenvalue weighted by atomic mass is 31.2. The lowest BCUT2D eigenvalue weighted by molar-refractivity contribution is -0.870. The van der Waals surface area contributed by atoms with Crippen LogP contribution in [-0.2, 0) is 18.4 Å². The van der Waals surface area contributed by atoms with Crippen molar-refractivity contribution in [2.45, 2.75) is 135 Å². The van der Waals surface area contributed by atoms with E-state index >= 15 is 0 Å². The van der Waals surface area contributed by atoms with Gasteiger partial charge in [0.1, 0.15) is 13.2 Å². The Morgan fingerprint density at radius 1 is 0.714 bits per heavy atom. The number of hydrogen-bond acceptors (Lipinski definition) is 5. The second kappa shape index (κ2) is 31.9. The molecule has 0 spiro atoms. The first-order chi connectivity index (χ1) is 23.5. The number of amides is 1. The predicted octanol–water partition coefficient (Wildman–Crippen LogP) is 9.68. The number of phosphoric ester groups is 1. The summed E-state index contributed by atoms with van der Waals surface area (Å²) in [5, 5.41) is 13.7. The number of carbonyl (C=O) groups excluding carboxylic acids is 1. The molecule has 3 atom stereocenters. The highest BCUT2D eigenvalue weighted by Gasteiger charge is 2.27. The maximum atomic E-state index is 12.7. The number of phosphoric acid groups is 1. The lowest BCUT2D eigenvalue weighted by Crippen LogP contribution is -2.45. The number of aliphatic hydroxyl groups is 1. The van der Waals surface area contributed by atoms with E-state index in [9.17, 15) is 19.4 Å². The highest BCUT2D eigenvalue weighted by molar-refractivity contribution is 7.47. The molecule has 0 saturated carbocycles. The molecular weight excluding hydrogens is 635 g/mol. The zero-order valence-corrected chi connectivity index (χ0v) is 32.5. The average molecular weight is 708 g/mol. The van der Waals surface area contributed by atoms with Gasteiger partial charge in [-0.15, -0.1) is 0 Å². The van der Waals surface area contributed by atoms with Crippen LogP contribution in [0.1, 0.15) is 123 Å². The van der Waals surface area contributed by atoms with Crippen molar-refractivity contribution in [3.8, 4) is 0 Å². The molecule has 1 amide bonds. The largest absolute Gasteiger partial charge is 0.472 e. The molecule has 0 aliphatic carbocycles. The van der Waals surface area contributed by atoms with E-state index in [1.54, 1.807) is 6.08 Å². The van der Waals surface area contributed by atoms with Gasteiger partial charge < -0.3 is 19.8 Å². The normalized spacial score (nSPS) is 15.5. The second-order valence-electron chi connectivity index (χ2n) is 13.6. The van der Waals surface area contributed by atoms with Crippen molar-refractivity contribution in [3.05, 3.63) is 72.9 Å². The lowest BCUT2D eigenvalue weighted by Gasteiger charge is -2.25. The molecule has 0 aromatic carbocycles. The van der Waals surface area contributed by atoms with E-state index in [0.29, 0.717) is 17.4 Å². The minimum Gasteiger partial charge on any atom is -0.387 e. The minimum absolute atomic E-state index is 0.0399.